The summed E-state index contributed by atoms with van der Waals surface area (Å²) in [4.78, 5) is 32.7. The van der Waals surface area contributed by atoms with Crippen molar-refractivity contribution in [2.45, 2.75) is 43.2 Å². The minimum Gasteiger partial charge on any atom is -0.493 e. The number of aromatic amines is 1. The van der Waals surface area contributed by atoms with Crippen LogP contribution in [0.25, 0.3) is 0 Å². The molecule has 172 valence electrons. The number of amides is 1. The zero-order valence-corrected chi connectivity index (χ0v) is 19.3. The van der Waals surface area contributed by atoms with Gasteiger partial charge in [-0.25, -0.2) is 9.37 Å². The van der Waals surface area contributed by atoms with Crippen molar-refractivity contribution in [1.82, 2.24) is 9.97 Å². The standard InChI is InChI=1S/C24H24FN3O4S/c1-13(2)32-18-9-8-14(10-19(18)31-3)16-11-20(29)26-22-21(16)23(30)28-24(27-22)33-12-15-6-4-5-7-17(15)25/h4-10,13,16H,11-12H2,1-3H3,(H2,26,27,28,29,30)/t16-/m0/s1. The fraction of sp³-hybridized carbons (Fsp3) is 0.292. The van der Waals surface area contributed by atoms with E-state index in [0.717, 1.165) is 5.56 Å². The summed E-state index contributed by atoms with van der Waals surface area (Å²) in [6, 6.07) is 11.8. The van der Waals surface area contributed by atoms with Crippen LogP contribution >= 0.6 is 11.8 Å². The topological polar surface area (TPSA) is 93.3 Å². The van der Waals surface area contributed by atoms with Crippen molar-refractivity contribution in [3.8, 4) is 11.5 Å². The maximum Gasteiger partial charge on any atom is 0.257 e. The Morgan fingerprint density at radius 3 is 2.70 bits per heavy atom. The number of benzene rings is 2. The van der Waals surface area contributed by atoms with Crippen molar-refractivity contribution < 1.29 is 18.7 Å². The predicted octanol–water partition coefficient (Wildman–Crippen LogP) is 4.47. The number of nitrogens with zero attached hydrogens (tertiary/aromatic N) is 1. The fourth-order valence-corrected chi connectivity index (χ4v) is 4.56. The van der Waals surface area contributed by atoms with Gasteiger partial charge in [-0.3, -0.25) is 9.59 Å². The van der Waals surface area contributed by atoms with E-state index in [4.69, 9.17) is 9.47 Å². The molecule has 0 fully saturated rings. The first-order chi connectivity index (χ1) is 15.9. The number of aromatic nitrogens is 2. The van der Waals surface area contributed by atoms with Gasteiger partial charge in [-0.1, -0.05) is 36.0 Å². The maximum absolute atomic E-state index is 13.9. The second-order valence-electron chi connectivity index (χ2n) is 7.90. The van der Waals surface area contributed by atoms with Crippen LogP contribution in [-0.4, -0.2) is 29.1 Å². The van der Waals surface area contributed by atoms with Crippen LogP contribution in [0, 0.1) is 5.82 Å². The highest BCUT2D eigenvalue weighted by molar-refractivity contribution is 7.98. The minimum atomic E-state index is -0.488. The van der Waals surface area contributed by atoms with E-state index < -0.39 is 5.92 Å². The number of methoxy groups -OCH3 is 1. The summed E-state index contributed by atoms with van der Waals surface area (Å²) in [6.07, 6.45) is 0.0748. The summed E-state index contributed by atoms with van der Waals surface area (Å²) in [7, 11) is 1.54. The quantitative estimate of drug-likeness (QED) is 0.392. The van der Waals surface area contributed by atoms with Crippen LogP contribution in [0.2, 0.25) is 0 Å². The molecule has 0 bridgehead atoms. The van der Waals surface area contributed by atoms with Gasteiger partial charge in [-0.05, 0) is 43.2 Å². The molecule has 1 aromatic heterocycles. The van der Waals surface area contributed by atoms with E-state index in [1.54, 1.807) is 37.4 Å². The van der Waals surface area contributed by atoms with Crippen LogP contribution in [0.4, 0.5) is 10.2 Å². The third-order valence-corrected chi connectivity index (χ3v) is 6.13. The van der Waals surface area contributed by atoms with Gasteiger partial charge < -0.3 is 19.8 Å². The van der Waals surface area contributed by atoms with E-state index in [1.165, 1.54) is 17.8 Å². The molecule has 1 atom stereocenters. The van der Waals surface area contributed by atoms with E-state index in [9.17, 15) is 14.0 Å². The van der Waals surface area contributed by atoms with Crippen LogP contribution in [0.1, 0.15) is 42.9 Å². The molecule has 0 spiro atoms. The highest BCUT2D eigenvalue weighted by atomic mass is 32.2. The smallest absolute Gasteiger partial charge is 0.257 e. The molecule has 0 saturated carbocycles. The Morgan fingerprint density at radius 1 is 1.18 bits per heavy atom. The summed E-state index contributed by atoms with van der Waals surface area (Å²) in [5, 5.41) is 3.01. The Morgan fingerprint density at radius 2 is 1.97 bits per heavy atom. The number of thioether (sulfide) groups is 1. The number of fused-ring (bicyclic) bond motifs is 1. The molecule has 4 rings (SSSR count). The van der Waals surface area contributed by atoms with Crippen molar-refractivity contribution in [3.63, 3.8) is 0 Å². The third-order valence-electron chi connectivity index (χ3n) is 5.20. The number of anilines is 1. The van der Waals surface area contributed by atoms with Gasteiger partial charge in [-0.2, -0.15) is 0 Å². The normalized spacial score (nSPS) is 15.2. The van der Waals surface area contributed by atoms with E-state index in [0.29, 0.717) is 33.5 Å². The van der Waals surface area contributed by atoms with Gasteiger partial charge in [0.2, 0.25) is 5.91 Å². The first-order valence-corrected chi connectivity index (χ1v) is 11.5. The maximum atomic E-state index is 13.9. The fourth-order valence-electron chi connectivity index (χ4n) is 3.72. The van der Waals surface area contributed by atoms with Crippen molar-refractivity contribution in [1.29, 1.82) is 0 Å². The molecule has 7 nitrogen and oxygen atoms in total. The first-order valence-electron chi connectivity index (χ1n) is 10.5. The summed E-state index contributed by atoms with van der Waals surface area (Å²) in [5.74, 6) is 0.573. The highest BCUT2D eigenvalue weighted by Crippen LogP contribution is 2.38. The lowest BCUT2D eigenvalue weighted by molar-refractivity contribution is -0.116. The second kappa shape index (κ2) is 9.66. The number of halogens is 1. The van der Waals surface area contributed by atoms with Gasteiger partial charge in [0.1, 0.15) is 11.6 Å². The average molecular weight is 470 g/mol. The van der Waals surface area contributed by atoms with Crippen LogP contribution in [0.3, 0.4) is 0 Å². The van der Waals surface area contributed by atoms with Gasteiger partial charge in [-0.15, -0.1) is 0 Å². The second-order valence-corrected chi connectivity index (χ2v) is 8.86. The number of hydrogen-bond acceptors (Lipinski definition) is 6. The van der Waals surface area contributed by atoms with Gasteiger partial charge in [0.05, 0.1) is 18.8 Å². The number of carbonyl (C=O) groups is 1. The lowest BCUT2D eigenvalue weighted by Crippen LogP contribution is -2.31. The lowest BCUT2D eigenvalue weighted by atomic mass is 9.86. The molecule has 1 aliphatic heterocycles. The molecule has 1 aliphatic rings. The summed E-state index contributed by atoms with van der Waals surface area (Å²) in [6.45, 7) is 3.84. The number of carbonyl (C=O) groups excluding carboxylic acids is 1. The monoisotopic (exact) mass is 469 g/mol. The molecule has 0 unspecified atom stereocenters. The van der Waals surface area contributed by atoms with Gasteiger partial charge in [0.25, 0.3) is 5.56 Å². The Labute approximate surface area is 194 Å². The van der Waals surface area contributed by atoms with E-state index >= 15 is 0 Å². The van der Waals surface area contributed by atoms with Crippen molar-refractivity contribution in [3.05, 3.63) is 75.3 Å². The minimum absolute atomic E-state index is 0.0294. The van der Waals surface area contributed by atoms with Crippen molar-refractivity contribution in [2.75, 3.05) is 12.4 Å². The van der Waals surface area contributed by atoms with Crippen molar-refractivity contribution in [2.24, 2.45) is 0 Å². The number of nitrogens with one attached hydrogen (secondary N) is 2. The molecule has 2 aromatic carbocycles. The molecule has 2 N–H and O–H groups in total. The summed E-state index contributed by atoms with van der Waals surface area (Å²) < 4.78 is 25.1. The molecule has 9 heteroatoms. The van der Waals surface area contributed by atoms with Gasteiger partial charge >= 0.3 is 0 Å². The first kappa shape index (κ1) is 22.8. The van der Waals surface area contributed by atoms with Crippen molar-refractivity contribution >= 4 is 23.5 Å². The number of rotatable bonds is 7. The van der Waals surface area contributed by atoms with Crippen LogP contribution < -0.4 is 20.3 Å². The Hall–Kier alpha value is -3.33. The zero-order valence-electron chi connectivity index (χ0n) is 18.5. The van der Waals surface area contributed by atoms with Crippen LogP contribution in [-0.2, 0) is 10.5 Å². The molecule has 33 heavy (non-hydrogen) atoms. The SMILES string of the molecule is COc1cc([C@@H]2CC(=O)Nc3nc(SCc4ccccc4F)[nH]c(=O)c32)ccc1OC(C)C. The predicted molar refractivity (Wildman–Crippen MR) is 125 cm³/mol. The number of ether oxygens (including phenoxy) is 2. The number of hydrogen-bond donors (Lipinski definition) is 2. The van der Waals surface area contributed by atoms with E-state index in [1.807, 2.05) is 19.9 Å². The molecule has 0 radical (unpaired) electrons. The largest absolute Gasteiger partial charge is 0.493 e. The van der Waals surface area contributed by atoms with Gasteiger partial charge in [0, 0.05) is 18.1 Å². The van der Waals surface area contributed by atoms with Crippen LogP contribution in [0.5, 0.6) is 11.5 Å². The summed E-state index contributed by atoms with van der Waals surface area (Å²) in [5.41, 5.74) is 1.28. The molecule has 0 saturated heterocycles. The molecular weight excluding hydrogens is 445 g/mol. The van der Waals surface area contributed by atoms with Crippen LogP contribution in [0.15, 0.2) is 52.4 Å². The third kappa shape index (κ3) is 5.03. The Kier molecular flexibility index (Phi) is 6.69. The Balaban J connectivity index is 1.66. The van der Waals surface area contributed by atoms with E-state index in [2.05, 4.69) is 15.3 Å². The average Bonchev–Trinajstić information content (AvgIpc) is 2.77. The van der Waals surface area contributed by atoms with Gasteiger partial charge in [0.15, 0.2) is 16.7 Å². The Bertz CT molecular complexity index is 1240. The number of H-pyrrole nitrogens is 1. The molecule has 3 aromatic rings. The molecular formula is C24H24FN3O4S. The molecule has 1 amide bonds. The molecule has 2 heterocycles. The zero-order chi connectivity index (χ0) is 23.5. The van der Waals surface area contributed by atoms with E-state index in [-0.39, 0.29) is 35.6 Å². The summed E-state index contributed by atoms with van der Waals surface area (Å²) >= 11 is 1.19. The highest BCUT2D eigenvalue weighted by Gasteiger charge is 2.31. The lowest BCUT2D eigenvalue weighted by Gasteiger charge is -2.25. The molecule has 0 aliphatic carbocycles.